The van der Waals surface area contributed by atoms with Crippen molar-refractivity contribution < 1.29 is 14.5 Å². The molecule has 1 aromatic rings. The highest BCUT2D eigenvalue weighted by Crippen LogP contribution is 2.13. The van der Waals surface area contributed by atoms with Crippen LogP contribution in [0.15, 0.2) is 24.3 Å². The second kappa shape index (κ2) is 5.85. The van der Waals surface area contributed by atoms with Crippen molar-refractivity contribution in [1.82, 2.24) is 0 Å². The smallest absolute Gasteiger partial charge is 0.306 e. The van der Waals surface area contributed by atoms with Gasteiger partial charge < -0.3 is 4.74 Å². The second-order valence-electron chi connectivity index (χ2n) is 3.34. The summed E-state index contributed by atoms with van der Waals surface area (Å²) in [5.41, 5.74) is 0.627. The van der Waals surface area contributed by atoms with Crippen molar-refractivity contribution in [1.29, 1.82) is 0 Å². The number of nitrogens with zero attached hydrogens (tertiary/aromatic N) is 1. The van der Waals surface area contributed by atoms with E-state index < -0.39 is 4.92 Å². The van der Waals surface area contributed by atoms with Gasteiger partial charge in [-0.2, -0.15) is 0 Å². The number of esters is 1. The SMILES string of the molecule is CCCC(=O)OCc1cccc([N+](=O)[O-])c1. The first kappa shape index (κ1) is 12.2. The van der Waals surface area contributed by atoms with Crippen LogP contribution in [0.25, 0.3) is 0 Å². The van der Waals surface area contributed by atoms with Crippen LogP contribution in [0.1, 0.15) is 25.3 Å². The number of hydrogen-bond acceptors (Lipinski definition) is 4. The van der Waals surface area contributed by atoms with Crippen LogP contribution in [-0.4, -0.2) is 10.9 Å². The van der Waals surface area contributed by atoms with Crippen molar-refractivity contribution in [3.05, 3.63) is 39.9 Å². The van der Waals surface area contributed by atoms with E-state index in [4.69, 9.17) is 4.74 Å². The molecule has 0 saturated heterocycles. The third-order valence-corrected chi connectivity index (χ3v) is 1.98. The van der Waals surface area contributed by atoms with Crippen molar-refractivity contribution in [3.8, 4) is 0 Å². The fourth-order valence-corrected chi connectivity index (χ4v) is 1.20. The molecule has 1 rings (SSSR count). The molecule has 0 atom stereocenters. The molecule has 0 bridgehead atoms. The van der Waals surface area contributed by atoms with Gasteiger partial charge in [0, 0.05) is 18.6 Å². The third-order valence-electron chi connectivity index (χ3n) is 1.98. The van der Waals surface area contributed by atoms with Crippen LogP contribution in [0.4, 0.5) is 5.69 Å². The van der Waals surface area contributed by atoms with Gasteiger partial charge in [0.25, 0.3) is 5.69 Å². The monoisotopic (exact) mass is 223 g/mol. The highest BCUT2D eigenvalue weighted by atomic mass is 16.6. The number of nitro groups is 1. The average Bonchev–Trinajstić information content (AvgIpc) is 2.27. The van der Waals surface area contributed by atoms with Crippen LogP contribution in [0.5, 0.6) is 0 Å². The molecule has 0 heterocycles. The summed E-state index contributed by atoms with van der Waals surface area (Å²) in [6, 6.07) is 6.06. The quantitative estimate of drug-likeness (QED) is 0.436. The molecule has 5 heteroatoms. The van der Waals surface area contributed by atoms with Crippen molar-refractivity contribution in [2.75, 3.05) is 0 Å². The van der Waals surface area contributed by atoms with E-state index in [9.17, 15) is 14.9 Å². The molecule has 0 aliphatic heterocycles. The zero-order chi connectivity index (χ0) is 12.0. The summed E-state index contributed by atoms with van der Waals surface area (Å²) < 4.78 is 4.94. The van der Waals surface area contributed by atoms with Crippen molar-refractivity contribution in [3.63, 3.8) is 0 Å². The maximum Gasteiger partial charge on any atom is 0.306 e. The van der Waals surface area contributed by atoms with Gasteiger partial charge in [-0.05, 0) is 12.0 Å². The Kier molecular flexibility index (Phi) is 4.44. The molecule has 0 radical (unpaired) electrons. The Hall–Kier alpha value is -1.91. The molecule has 0 aromatic heterocycles. The molecule has 0 fully saturated rings. The Labute approximate surface area is 93.2 Å². The number of rotatable bonds is 5. The van der Waals surface area contributed by atoms with E-state index in [-0.39, 0.29) is 18.3 Å². The van der Waals surface area contributed by atoms with Gasteiger partial charge in [-0.1, -0.05) is 19.1 Å². The molecule has 5 nitrogen and oxygen atoms in total. The Bertz CT molecular complexity index is 389. The summed E-state index contributed by atoms with van der Waals surface area (Å²) >= 11 is 0. The summed E-state index contributed by atoms with van der Waals surface area (Å²) in [7, 11) is 0. The number of carbonyl (C=O) groups is 1. The lowest BCUT2D eigenvalue weighted by Crippen LogP contribution is -2.03. The molecule has 0 N–H and O–H groups in total. The fraction of sp³-hybridized carbons (Fsp3) is 0.364. The minimum atomic E-state index is -0.475. The Morgan fingerprint density at radius 2 is 2.25 bits per heavy atom. The van der Waals surface area contributed by atoms with Crippen LogP contribution in [0.3, 0.4) is 0 Å². The molecule has 0 unspecified atom stereocenters. The maximum absolute atomic E-state index is 11.1. The largest absolute Gasteiger partial charge is 0.461 e. The van der Waals surface area contributed by atoms with Gasteiger partial charge in [0.05, 0.1) is 4.92 Å². The van der Waals surface area contributed by atoms with Crippen LogP contribution >= 0.6 is 0 Å². The van der Waals surface area contributed by atoms with Crippen LogP contribution in [0, 0.1) is 10.1 Å². The van der Waals surface area contributed by atoms with Crippen molar-refractivity contribution >= 4 is 11.7 Å². The minimum absolute atomic E-state index is 0.00374. The standard InChI is InChI=1S/C11H13NO4/c1-2-4-11(13)16-8-9-5-3-6-10(7-9)12(14)15/h3,5-7H,2,4,8H2,1H3. The molecule has 86 valence electrons. The van der Waals surface area contributed by atoms with Gasteiger partial charge in [-0.25, -0.2) is 0 Å². The molecule has 1 aromatic carbocycles. The molecule has 0 aliphatic carbocycles. The number of nitro benzene ring substituents is 1. The first-order valence-electron chi connectivity index (χ1n) is 5.02. The number of benzene rings is 1. The zero-order valence-electron chi connectivity index (χ0n) is 9.01. The first-order chi connectivity index (χ1) is 7.63. The normalized spacial score (nSPS) is 9.81. The molecule has 16 heavy (non-hydrogen) atoms. The number of carbonyl (C=O) groups excluding carboxylic acids is 1. The summed E-state index contributed by atoms with van der Waals surface area (Å²) in [5, 5.41) is 10.5. The highest BCUT2D eigenvalue weighted by molar-refractivity contribution is 5.69. The van der Waals surface area contributed by atoms with E-state index in [2.05, 4.69) is 0 Å². The first-order valence-corrected chi connectivity index (χ1v) is 5.02. The Morgan fingerprint density at radius 1 is 1.50 bits per heavy atom. The lowest BCUT2D eigenvalue weighted by atomic mass is 10.2. The lowest BCUT2D eigenvalue weighted by molar-refractivity contribution is -0.384. The van der Waals surface area contributed by atoms with Crippen molar-refractivity contribution in [2.45, 2.75) is 26.4 Å². The average molecular weight is 223 g/mol. The molecular weight excluding hydrogens is 210 g/mol. The number of non-ortho nitro benzene ring substituents is 1. The molecular formula is C11H13NO4. The summed E-state index contributed by atoms with van der Waals surface area (Å²) in [5.74, 6) is -0.283. The van der Waals surface area contributed by atoms with E-state index >= 15 is 0 Å². The number of ether oxygens (including phenoxy) is 1. The van der Waals surface area contributed by atoms with E-state index in [1.54, 1.807) is 12.1 Å². The molecule has 0 aliphatic rings. The van der Waals surface area contributed by atoms with Gasteiger partial charge >= 0.3 is 5.97 Å². The van der Waals surface area contributed by atoms with Gasteiger partial charge in [-0.3, -0.25) is 14.9 Å². The molecule has 0 amide bonds. The lowest BCUT2D eigenvalue weighted by Gasteiger charge is -2.03. The summed E-state index contributed by atoms with van der Waals surface area (Å²) in [4.78, 5) is 21.1. The van der Waals surface area contributed by atoms with E-state index in [1.807, 2.05) is 6.92 Å². The topological polar surface area (TPSA) is 69.4 Å². The number of hydrogen-bond donors (Lipinski definition) is 0. The summed E-state index contributed by atoms with van der Waals surface area (Å²) in [6.07, 6.45) is 1.10. The van der Waals surface area contributed by atoms with Crippen LogP contribution < -0.4 is 0 Å². The predicted octanol–water partition coefficient (Wildman–Crippen LogP) is 2.44. The Balaban J connectivity index is 2.57. The van der Waals surface area contributed by atoms with Gasteiger partial charge in [0.2, 0.25) is 0 Å². The van der Waals surface area contributed by atoms with Gasteiger partial charge in [0.15, 0.2) is 0 Å². The molecule has 0 spiro atoms. The highest BCUT2D eigenvalue weighted by Gasteiger charge is 2.07. The maximum atomic E-state index is 11.1. The van der Waals surface area contributed by atoms with Gasteiger partial charge in [0.1, 0.15) is 6.61 Å². The minimum Gasteiger partial charge on any atom is -0.461 e. The van der Waals surface area contributed by atoms with Crippen molar-refractivity contribution in [2.24, 2.45) is 0 Å². The second-order valence-corrected chi connectivity index (χ2v) is 3.34. The van der Waals surface area contributed by atoms with E-state index in [1.165, 1.54) is 12.1 Å². The fourth-order valence-electron chi connectivity index (χ4n) is 1.20. The van der Waals surface area contributed by atoms with Crippen LogP contribution in [0.2, 0.25) is 0 Å². The van der Waals surface area contributed by atoms with E-state index in [0.717, 1.165) is 6.42 Å². The molecule has 0 saturated carbocycles. The van der Waals surface area contributed by atoms with E-state index in [0.29, 0.717) is 12.0 Å². The third kappa shape index (κ3) is 3.68. The predicted molar refractivity (Wildman–Crippen MR) is 57.8 cm³/mol. The Morgan fingerprint density at radius 3 is 2.88 bits per heavy atom. The summed E-state index contributed by atoms with van der Waals surface area (Å²) in [6.45, 7) is 1.97. The van der Waals surface area contributed by atoms with Gasteiger partial charge in [-0.15, -0.1) is 0 Å². The zero-order valence-corrected chi connectivity index (χ0v) is 9.01. The van der Waals surface area contributed by atoms with Crippen LogP contribution in [-0.2, 0) is 16.1 Å².